The number of hydrogen-bond acceptors (Lipinski definition) is 5. The Morgan fingerprint density at radius 1 is 1.25 bits per heavy atom. The third kappa shape index (κ3) is 2.78. The van der Waals surface area contributed by atoms with E-state index in [0.29, 0.717) is 37.0 Å². The van der Waals surface area contributed by atoms with Gasteiger partial charge in [-0.25, -0.2) is 9.97 Å². The number of carbonyl (C=O) groups is 1. The Labute approximate surface area is 189 Å². The normalized spacial score (nSPS) is 17.7. The number of piperazine rings is 1. The van der Waals surface area contributed by atoms with E-state index >= 15 is 0 Å². The molecule has 2 aromatic heterocycles. The number of aromatic amines is 1. The SMILES string of the molecule is C=CC(=O)N1CCN2c3ncnc4cc(-c5cccc6[nH]ccc56)c(Cl)c(c34)OC[C@@H]2C1. The van der Waals surface area contributed by atoms with Gasteiger partial charge in [0.25, 0.3) is 0 Å². The van der Waals surface area contributed by atoms with Gasteiger partial charge in [0.2, 0.25) is 5.91 Å². The van der Waals surface area contributed by atoms with E-state index in [1.807, 2.05) is 30.5 Å². The van der Waals surface area contributed by atoms with Gasteiger partial charge in [0.15, 0.2) is 5.75 Å². The molecule has 0 spiro atoms. The Morgan fingerprint density at radius 2 is 2.16 bits per heavy atom. The van der Waals surface area contributed by atoms with Crippen LogP contribution in [0.1, 0.15) is 0 Å². The van der Waals surface area contributed by atoms with E-state index in [1.165, 1.54) is 6.08 Å². The zero-order chi connectivity index (χ0) is 21.8. The molecule has 1 amide bonds. The number of amides is 1. The molecule has 1 saturated heterocycles. The first-order chi connectivity index (χ1) is 15.7. The lowest BCUT2D eigenvalue weighted by molar-refractivity contribution is -0.126. The lowest BCUT2D eigenvalue weighted by atomic mass is 9.99. The minimum Gasteiger partial charge on any atom is -0.489 e. The lowest BCUT2D eigenvalue weighted by Crippen LogP contribution is -2.56. The summed E-state index contributed by atoms with van der Waals surface area (Å²) in [6.45, 7) is 5.80. The summed E-state index contributed by atoms with van der Waals surface area (Å²) in [5.41, 5.74) is 3.70. The van der Waals surface area contributed by atoms with Crippen molar-refractivity contribution in [3.05, 3.63) is 60.5 Å². The molecule has 160 valence electrons. The van der Waals surface area contributed by atoms with Crippen molar-refractivity contribution in [3.8, 4) is 16.9 Å². The van der Waals surface area contributed by atoms with Crippen molar-refractivity contribution >= 4 is 45.1 Å². The number of nitrogens with zero attached hydrogens (tertiary/aromatic N) is 4. The van der Waals surface area contributed by atoms with Gasteiger partial charge in [-0.15, -0.1) is 0 Å². The van der Waals surface area contributed by atoms with E-state index < -0.39 is 0 Å². The number of halogens is 1. The predicted molar refractivity (Wildman–Crippen MR) is 125 cm³/mol. The van der Waals surface area contributed by atoms with Gasteiger partial charge in [-0.3, -0.25) is 4.79 Å². The van der Waals surface area contributed by atoms with Crippen LogP contribution in [0.2, 0.25) is 5.02 Å². The van der Waals surface area contributed by atoms with Crippen LogP contribution >= 0.6 is 11.6 Å². The van der Waals surface area contributed by atoms with E-state index in [4.69, 9.17) is 16.3 Å². The number of hydrogen-bond donors (Lipinski definition) is 1. The second-order valence-electron chi connectivity index (χ2n) is 8.05. The molecule has 4 aromatic rings. The van der Waals surface area contributed by atoms with E-state index in [0.717, 1.165) is 38.8 Å². The highest BCUT2D eigenvalue weighted by Crippen LogP contribution is 2.46. The number of ether oxygens (including phenoxy) is 1. The van der Waals surface area contributed by atoms with Gasteiger partial charge in [-0.2, -0.15) is 0 Å². The average molecular weight is 446 g/mol. The third-order valence-electron chi connectivity index (χ3n) is 6.35. The summed E-state index contributed by atoms with van der Waals surface area (Å²) in [5.74, 6) is 1.32. The fraction of sp³-hybridized carbons (Fsp3) is 0.208. The monoisotopic (exact) mass is 445 g/mol. The first-order valence-corrected chi connectivity index (χ1v) is 10.9. The summed E-state index contributed by atoms with van der Waals surface area (Å²) in [4.78, 5) is 28.6. The van der Waals surface area contributed by atoms with Gasteiger partial charge in [-0.05, 0) is 29.8 Å². The fourth-order valence-corrected chi connectivity index (χ4v) is 5.11. The number of anilines is 1. The van der Waals surface area contributed by atoms with E-state index in [1.54, 1.807) is 11.2 Å². The molecule has 1 fully saturated rings. The summed E-state index contributed by atoms with van der Waals surface area (Å²) < 4.78 is 6.31. The number of aromatic nitrogens is 3. The average Bonchev–Trinajstić information content (AvgIpc) is 3.24. The highest BCUT2D eigenvalue weighted by molar-refractivity contribution is 6.37. The molecule has 0 bridgehead atoms. The van der Waals surface area contributed by atoms with Crippen molar-refractivity contribution in [1.82, 2.24) is 19.9 Å². The van der Waals surface area contributed by atoms with Crippen molar-refractivity contribution in [2.45, 2.75) is 6.04 Å². The maximum Gasteiger partial charge on any atom is 0.246 e. The molecule has 0 aliphatic carbocycles. The topological polar surface area (TPSA) is 74.4 Å². The van der Waals surface area contributed by atoms with Crippen molar-refractivity contribution in [2.24, 2.45) is 0 Å². The molecule has 4 heterocycles. The standard InChI is InChI=1S/C24H20ClN5O2/c1-2-20(31)29-8-9-30-14(11-29)12-32-23-21-19(27-13-28-24(21)30)10-17(22(23)25)15-4-3-5-18-16(15)6-7-26-18/h2-7,10,13-14,26H,1,8-9,11-12H2/t14-/m0/s1. The van der Waals surface area contributed by atoms with E-state index in [-0.39, 0.29) is 11.9 Å². The Kier molecular flexibility index (Phi) is 4.33. The summed E-state index contributed by atoms with van der Waals surface area (Å²) in [7, 11) is 0. The second-order valence-corrected chi connectivity index (χ2v) is 8.43. The maximum absolute atomic E-state index is 12.2. The quantitative estimate of drug-likeness (QED) is 0.471. The Hall–Kier alpha value is -3.58. The smallest absolute Gasteiger partial charge is 0.246 e. The molecular weight excluding hydrogens is 426 g/mol. The molecule has 7 nitrogen and oxygen atoms in total. The van der Waals surface area contributed by atoms with Gasteiger partial charge >= 0.3 is 0 Å². The number of nitrogens with one attached hydrogen (secondary N) is 1. The molecule has 0 radical (unpaired) electrons. The molecule has 6 rings (SSSR count). The number of fused-ring (bicyclic) bond motifs is 3. The Bertz CT molecular complexity index is 1400. The zero-order valence-corrected chi connectivity index (χ0v) is 18.0. The predicted octanol–water partition coefficient (Wildman–Crippen LogP) is 4.03. The van der Waals surface area contributed by atoms with Crippen LogP contribution in [0.5, 0.6) is 5.75 Å². The highest BCUT2D eigenvalue weighted by Gasteiger charge is 2.35. The highest BCUT2D eigenvalue weighted by atomic mass is 35.5. The van der Waals surface area contributed by atoms with Crippen LogP contribution in [0.3, 0.4) is 0 Å². The molecule has 0 unspecified atom stereocenters. The Morgan fingerprint density at radius 3 is 3.03 bits per heavy atom. The molecule has 1 N–H and O–H groups in total. The van der Waals surface area contributed by atoms with Crippen molar-refractivity contribution < 1.29 is 9.53 Å². The van der Waals surface area contributed by atoms with Crippen molar-refractivity contribution in [1.29, 1.82) is 0 Å². The first-order valence-electron chi connectivity index (χ1n) is 10.5. The summed E-state index contributed by atoms with van der Waals surface area (Å²) in [6.07, 6.45) is 4.86. The van der Waals surface area contributed by atoms with Crippen LogP contribution in [-0.2, 0) is 4.79 Å². The molecule has 2 aliphatic rings. The van der Waals surface area contributed by atoms with E-state index in [2.05, 4.69) is 32.5 Å². The van der Waals surface area contributed by atoms with Gasteiger partial charge in [0.05, 0.1) is 22.0 Å². The van der Waals surface area contributed by atoms with Crippen LogP contribution in [0.25, 0.3) is 32.9 Å². The number of carbonyl (C=O) groups excluding carboxylic acids is 1. The van der Waals surface area contributed by atoms with Gasteiger partial charge in [0.1, 0.15) is 18.8 Å². The van der Waals surface area contributed by atoms with Crippen LogP contribution in [0, 0.1) is 0 Å². The van der Waals surface area contributed by atoms with Gasteiger partial charge < -0.3 is 19.5 Å². The lowest BCUT2D eigenvalue weighted by Gasteiger charge is -2.40. The number of H-pyrrole nitrogens is 1. The molecule has 0 saturated carbocycles. The molecule has 2 aliphatic heterocycles. The van der Waals surface area contributed by atoms with Crippen molar-refractivity contribution in [2.75, 3.05) is 31.1 Å². The molecule has 1 atom stereocenters. The maximum atomic E-state index is 12.2. The number of rotatable bonds is 2. The van der Waals surface area contributed by atoms with Gasteiger partial charge in [0, 0.05) is 42.3 Å². The van der Waals surface area contributed by atoms with E-state index in [9.17, 15) is 4.79 Å². The van der Waals surface area contributed by atoms with Crippen LogP contribution < -0.4 is 9.64 Å². The number of benzene rings is 2. The first kappa shape index (κ1) is 19.1. The van der Waals surface area contributed by atoms with Crippen LogP contribution in [0.4, 0.5) is 5.82 Å². The molecular formula is C24H20ClN5O2. The van der Waals surface area contributed by atoms with Crippen molar-refractivity contribution in [3.63, 3.8) is 0 Å². The summed E-state index contributed by atoms with van der Waals surface area (Å²) >= 11 is 6.98. The summed E-state index contributed by atoms with van der Waals surface area (Å²) in [6, 6.07) is 10.1. The van der Waals surface area contributed by atoms with Crippen LogP contribution in [-0.4, -0.2) is 58.0 Å². The molecule has 8 heteroatoms. The minimum atomic E-state index is -0.0702. The minimum absolute atomic E-state index is 0.0363. The summed E-state index contributed by atoms with van der Waals surface area (Å²) in [5, 5.41) is 2.44. The largest absolute Gasteiger partial charge is 0.489 e. The fourth-order valence-electron chi connectivity index (χ4n) is 4.80. The second kappa shape index (κ2) is 7.24. The Balaban J connectivity index is 1.52. The van der Waals surface area contributed by atoms with Gasteiger partial charge in [-0.1, -0.05) is 30.3 Å². The zero-order valence-electron chi connectivity index (χ0n) is 17.2. The third-order valence-corrected chi connectivity index (χ3v) is 6.72. The van der Waals surface area contributed by atoms with Crippen LogP contribution in [0.15, 0.2) is 55.5 Å². The molecule has 2 aromatic carbocycles. The molecule has 32 heavy (non-hydrogen) atoms.